The van der Waals surface area contributed by atoms with Crippen LogP contribution in [0.3, 0.4) is 0 Å². The van der Waals surface area contributed by atoms with Gasteiger partial charge in [0.1, 0.15) is 11.9 Å². The van der Waals surface area contributed by atoms with Gasteiger partial charge in [0.15, 0.2) is 11.5 Å². The number of nitrogens with zero attached hydrogens (tertiary/aromatic N) is 2. The molecule has 0 radical (unpaired) electrons. The number of carbonyl (C=O) groups excluding carboxylic acids is 2. The van der Waals surface area contributed by atoms with Crippen molar-refractivity contribution in [3.05, 3.63) is 102 Å². The first-order chi connectivity index (χ1) is 23.9. The average Bonchev–Trinajstić information content (AvgIpc) is 3.45. The maximum Gasteiger partial charge on any atom is 0.308 e. The van der Waals surface area contributed by atoms with Crippen molar-refractivity contribution in [2.24, 2.45) is 5.92 Å². The highest BCUT2D eigenvalue weighted by atomic mass is 16.6. The summed E-state index contributed by atoms with van der Waals surface area (Å²) in [6.45, 7) is 7.78. The lowest BCUT2D eigenvalue weighted by atomic mass is 9.50. The van der Waals surface area contributed by atoms with Crippen molar-refractivity contribution in [1.82, 2.24) is 9.80 Å². The van der Waals surface area contributed by atoms with Crippen molar-refractivity contribution in [2.45, 2.75) is 101 Å². The van der Waals surface area contributed by atoms with E-state index in [1.165, 1.54) is 18.1 Å². The van der Waals surface area contributed by atoms with E-state index < -0.39 is 5.97 Å². The van der Waals surface area contributed by atoms with Crippen LogP contribution in [-0.4, -0.2) is 64.6 Å². The number of rotatable bonds is 14. The summed E-state index contributed by atoms with van der Waals surface area (Å²) in [4.78, 5) is 31.3. The number of phenols is 1. The molecule has 3 aromatic carbocycles. The van der Waals surface area contributed by atoms with Crippen LogP contribution >= 0.6 is 0 Å². The van der Waals surface area contributed by atoms with Gasteiger partial charge in [0.25, 0.3) is 0 Å². The predicted octanol–water partition coefficient (Wildman–Crippen LogP) is 7.18. The Balaban J connectivity index is 1.18. The van der Waals surface area contributed by atoms with Gasteiger partial charge in [-0.15, -0.1) is 6.58 Å². The molecule has 2 aliphatic carbocycles. The lowest BCUT2D eigenvalue weighted by Gasteiger charge is -2.60. The molecule has 7 heteroatoms. The second kappa shape index (κ2) is 14.4. The van der Waals surface area contributed by atoms with E-state index >= 15 is 0 Å². The molecule has 0 aromatic heterocycles. The number of ether oxygens (including phenoxy) is 2. The second-order valence-corrected chi connectivity index (χ2v) is 14.5. The number of unbranched alkanes of at least 4 members (excludes halogenated alkanes) is 2. The van der Waals surface area contributed by atoms with Crippen molar-refractivity contribution < 1.29 is 24.2 Å². The number of esters is 1. The monoisotopic (exact) mass is 662 g/mol. The standard InChI is InChI=1S/C42H50N2O5/c1-3-24-43-26-23-42-33-21-22-34(41(42)49-40-37(48-29(2)45)28-36(46)32(39(40)42)27-35(33)43)44(25-13-19-31-17-9-5-10-18-31)38(47)20-12-6-11-16-30-14-7-4-8-15-30/h3-5,7-10,14-15,17-18,28,33-35,41,46H,1,6,11-13,16,19-27H2,2H3/t33-,34-,35+,41-,42-/m0/s1. The Morgan fingerprint density at radius 1 is 1.02 bits per heavy atom. The third-order valence-corrected chi connectivity index (χ3v) is 11.7. The predicted molar refractivity (Wildman–Crippen MR) is 191 cm³/mol. The van der Waals surface area contributed by atoms with Crippen molar-refractivity contribution in [3.63, 3.8) is 0 Å². The van der Waals surface area contributed by atoms with E-state index in [0.717, 1.165) is 88.4 Å². The van der Waals surface area contributed by atoms with Crippen LogP contribution in [0.25, 0.3) is 0 Å². The van der Waals surface area contributed by atoms with E-state index in [9.17, 15) is 14.7 Å². The van der Waals surface area contributed by atoms with Crippen LogP contribution in [0, 0.1) is 5.92 Å². The van der Waals surface area contributed by atoms with Crippen LogP contribution in [0.15, 0.2) is 79.4 Å². The van der Waals surface area contributed by atoms with Gasteiger partial charge >= 0.3 is 5.97 Å². The van der Waals surface area contributed by atoms with Gasteiger partial charge in [-0.1, -0.05) is 73.2 Å². The fourth-order valence-electron chi connectivity index (χ4n) is 9.74. The first-order valence-corrected chi connectivity index (χ1v) is 18.4. The summed E-state index contributed by atoms with van der Waals surface area (Å²) < 4.78 is 12.7. The van der Waals surface area contributed by atoms with Crippen LogP contribution in [0.2, 0.25) is 0 Å². The first-order valence-electron chi connectivity index (χ1n) is 18.4. The Hall–Kier alpha value is -4.10. The Labute approximate surface area is 290 Å². The highest BCUT2D eigenvalue weighted by Gasteiger charge is 2.67. The quantitative estimate of drug-likeness (QED) is 0.0854. The SMILES string of the molecule is C=CCN1CC[C@]23c4c5c(O)cc(OC(C)=O)c4O[C@H]2[C@@H](N(CCCc2ccccc2)C(=O)CCCCCc2ccccc2)CC[C@H]3[C@H]1C5. The maximum absolute atomic E-state index is 14.4. The van der Waals surface area contributed by atoms with Gasteiger partial charge in [-0.05, 0) is 81.4 Å². The minimum absolute atomic E-state index is 0.110. The van der Waals surface area contributed by atoms with Gasteiger partial charge in [0.05, 0.1) is 6.04 Å². The fraction of sp³-hybridized carbons (Fsp3) is 0.476. The molecule has 7 rings (SSSR count). The highest BCUT2D eigenvalue weighted by molar-refractivity contribution is 5.77. The normalized spacial score (nSPS) is 24.8. The maximum atomic E-state index is 14.4. The Morgan fingerprint density at radius 3 is 2.43 bits per heavy atom. The molecule has 0 unspecified atom stereocenters. The van der Waals surface area contributed by atoms with E-state index in [0.29, 0.717) is 24.6 Å². The van der Waals surface area contributed by atoms with Crippen LogP contribution < -0.4 is 9.47 Å². The van der Waals surface area contributed by atoms with Crippen LogP contribution in [0.4, 0.5) is 0 Å². The number of benzene rings is 3. The molecular formula is C42H50N2O5. The molecule has 258 valence electrons. The Kier molecular flexibility index (Phi) is 9.82. The number of carbonyl (C=O) groups is 2. The molecule has 5 atom stereocenters. The van der Waals surface area contributed by atoms with E-state index in [1.54, 1.807) is 6.07 Å². The van der Waals surface area contributed by atoms with Crippen molar-refractivity contribution in [2.75, 3.05) is 19.6 Å². The van der Waals surface area contributed by atoms with Crippen LogP contribution in [0.5, 0.6) is 17.2 Å². The smallest absolute Gasteiger partial charge is 0.308 e. The molecule has 2 aliphatic heterocycles. The summed E-state index contributed by atoms with van der Waals surface area (Å²) in [6.07, 6.45) is 11.4. The zero-order valence-electron chi connectivity index (χ0n) is 28.8. The molecule has 1 saturated heterocycles. The molecule has 2 fully saturated rings. The third kappa shape index (κ3) is 6.38. The summed E-state index contributed by atoms with van der Waals surface area (Å²) in [5, 5.41) is 11.4. The number of aryl methyl sites for hydroxylation is 2. The van der Waals surface area contributed by atoms with Crippen LogP contribution in [0.1, 0.15) is 80.5 Å². The molecule has 49 heavy (non-hydrogen) atoms. The number of phenolic OH excluding ortho intramolecular Hbond substituents is 1. The number of likely N-dealkylation sites (tertiary alicyclic amines) is 1. The molecule has 2 heterocycles. The van der Waals surface area contributed by atoms with Gasteiger partial charge in [-0.2, -0.15) is 0 Å². The summed E-state index contributed by atoms with van der Waals surface area (Å²) in [5.41, 5.74) is 4.18. The molecule has 1 N–H and O–H groups in total. The van der Waals surface area contributed by atoms with E-state index in [4.69, 9.17) is 9.47 Å². The second-order valence-electron chi connectivity index (χ2n) is 14.5. The molecule has 4 aliphatic rings. The summed E-state index contributed by atoms with van der Waals surface area (Å²) in [7, 11) is 0. The lowest BCUT2D eigenvalue weighted by Crippen LogP contribution is -2.69. The fourth-order valence-corrected chi connectivity index (χ4v) is 9.74. The van der Waals surface area contributed by atoms with Crippen molar-refractivity contribution >= 4 is 11.9 Å². The van der Waals surface area contributed by atoms with Gasteiger partial charge in [-0.25, -0.2) is 0 Å². The zero-order valence-corrected chi connectivity index (χ0v) is 28.8. The molecule has 2 bridgehead atoms. The number of aromatic hydroxyl groups is 1. The number of hydrogen-bond acceptors (Lipinski definition) is 6. The number of hydrogen-bond donors (Lipinski definition) is 1. The topological polar surface area (TPSA) is 79.3 Å². The Morgan fingerprint density at radius 2 is 1.73 bits per heavy atom. The molecule has 7 nitrogen and oxygen atoms in total. The molecular weight excluding hydrogens is 612 g/mol. The lowest BCUT2D eigenvalue weighted by molar-refractivity contribution is -0.142. The van der Waals surface area contributed by atoms with E-state index in [2.05, 4.69) is 64.9 Å². The van der Waals surface area contributed by atoms with Crippen molar-refractivity contribution in [1.29, 1.82) is 0 Å². The Bertz CT molecular complexity index is 1660. The van der Waals surface area contributed by atoms with Gasteiger partial charge in [-0.3, -0.25) is 14.5 Å². The molecule has 1 saturated carbocycles. The molecule has 3 aromatic rings. The first kappa shape index (κ1) is 33.4. The largest absolute Gasteiger partial charge is 0.508 e. The minimum atomic E-state index is -0.445. The van der Waals surface area contributed by atoms with Crippen LogP contribution in [-0.2, 0) is 34.3 Å². The summed E-state index contributed by atoms with van der Waals surface area (Å²) in [5.74, 6) is 1.11. The molecule has 1 amide bonds. The summed E-state index contributed by atoms with van der Waals surface area (Å²) in [6, 6.07) is 22.8. The van der Waals surface area contributed by atoms with Crippen molar-refractivity contribution in [3.8, 4) is 17.2 Å². The van der Waals surface area contributed by atoms with Gasteiger partial charge in [0, 0.05) is 55.1 Å². The van der Waals surface area contributed by atoms with Gasteiger partial charge < -0.3 is 19.5 Å². The summed E-state index contributed by atoms with van der Waals surface area (Å²) >= 11 is 0. The number of amides is 1. The average molecular weight is 663 g/mol. The van der Waals surface area contributed by atoms with Gasteiger partial charge in [0.2, 0.25) is 5.91 Å². The zero-order chi connectivity index (χ0) is 34.0. The highest BCUT2D eigenvalue weighted by Crippen LogP contribution is 2.65. The minimum Gasteiger partial charge on any atom is -0.508 e. The van der Waals surface area contributed by atoms with E-state index in [1.807, 2.05) is 18.2 Å². The third-order valence-electron chi connectivity index (χ3n) is 11.7. The molecule has 1 spiro atoms. The number of piperidine rings is 1. The van der Waals surface area contributed by atoms with E-state index in [-0.39, 0.29) is 41.0 Å².